The standard InChI is InChI=1S/C29H34N2O4/c32-23-9-8-21-12-26-29(35)15-22(13-27(34)30-17-19-4-2-1-3-5-19)25(33)16-28(29,24(21)14-23)10-11-31(26)18-20-6-7-20/h1-5,8-9,14,20,22,26,32,35H,6-7,10-13,15-18H2,(H,30,34)/t22-,26+,28+,29+/m0/s1. The molecule has 2 saturated carbocycles. The van der Waals surface area contributed by atoms with Gasteiger partial charge in [0.05, 0.1) is 5.60 Å². The monoisotopic (exact) mass is 474 g/mol. The number of benzene rings is 2. The fraction of sp³-hybridized carbons (Fsp3) is 0.517. The van der Waals surface area contributed by atoms with Crippen LogP contribution in [0.2, 0.25) is 0 Å². The summed E-state index contributed by atoms with van der Waals surface area (Å²) in [4.78, 5) is 28.8. The van der Waals surface area contributed by atoms with Crippen LogP contribution < -0.4 is 5.32 Å². The number of ketones is 1. The summed E-state index contributed by atoms with van der Waals surface area (Å²) >= 11 is 0. The van der Waals surface area contributed by atoms with Crippen LogP contribution in [0.3, 0.4) is 0 Å². The third kappa shape index (κ3) is 3.87. The van der Waals surface area contributed by atoms with Gasteiger partial charge in [-0.2, -0.15) is 0 Å². The highest BCUT2D eigenvalue weighted by Crippen LogP contribution is 2.59. The van der Waals surface area contributed by atoms with Gasteiger partial charge in [0.15, 0.2) is 0 Å². The third-order valence-electron chi connectivity index (χ3n) is 9.11. The molecule has 1 aliphatic heterocycles. The molecule has 2 aromatic carbocycles. The van der Waals surface area contributed by atoms with E-state index in [0.29, 0.717) is 31.7 Å². The van der Waals surface area contributed by atoms with Gasteiger partial charge in [-0.05, 0) is 73.4 Å². The lowest BCUT2D eigenvalue weighted by atomic mass is 9.47. The smallest absolute Gasteiger partial charge is 0.220 e. The number of carbonyl (C=O) groups excluding carboxylic acids is 2. The predicted octanol–water partition coefficient (Wildman–Crippen LogP) is 3.09. The van der Waals surface area contributed by atoms with Gasteiger partial charge >= 0.3 is 0 Å². The van der Waals surface area contributed by atoms with Crippen LogP contribution in [0.4, 0.5) is 0 Å². The van der Waals surface area contributed by atoms with Crippen molar-refractivity contribution >= 4 is 11.7 Å². The second-order valence-corrected chi connectivity index (χ2v) is 11.3. The average molecular weight is 475 g/mol. The Morgan fingerprint density at radius 2 is 1.94 bits per heavy atom. The Kier molecular flexibility index (Phi) is 5.49. The van der Waals surface area contributed by atoms with Crippen LogP contribution in [0.1, 0.15) is 55.2 Å². The molecule has 1 amide bonds. The summed E-state index contributed by atoms with van der Waals surface area (Å²) in [6.45, 7) is 2.28. The number of amides is 1. The van der Waals surface area contributed by atoms with E-state index in [9.17, 15) is 19.8 Å². The number of nitrogens with zero attached hydrogens (tertiary/aromatic N) is 1. The summed E-state index contributed by atoms with van der Waals surface area (Å²) in [6, 6.07) is 15.1. The normalized spacial score (nSPS) is 32.0. The topological polar surface area (TPSA) is 89.9 Å². The van der Waals surface area contributed by atoms with E-state index >= 15 is 0 Å². The SMILES string of the molecule is O=C(C[C@H]1C[C@@]2(O)[C@H]3Cc4ccc(O)cc4[C@@]2(CCN3CC2CC2)CC1=O)NCc1ccccc1. The summed E-state index contributed by atoms with van der Waals surface area (Å²) in [5.74, 6) is 0.285. The minimum atomic E-state index is -1.10. The Labute approximate surface area is 206 Å². The molecule has 4 atom stereocenters. The van der Waals surface area contributed by atoms with Crippen LogP contribution in [0.5, 0.6) is 5.75 Å². The number of hydrogen-bond donors (Lipinski definition) is 3. The van der Waals surface area contributed by atoms with Crippen molar-refractivity contribution in [1.82, 2.24) is 10.2 Å². The molecule has 3 fully saturated rings. The van der Waals surface area contributed by atoms with Crippen molar-refractivity contribution in [1.29, 1.82) is 0 Å². The van der Waals surface area contributed by atoms with Crippen LogP contribution in [0.25, 0.3) is 0 Å². The summed E-state index contributed by atoms with van der Waals surface area (Å²) in [7, 11) is 0. The Balaban J connectivity index is 1.27. The van der Waals surface area contributed by atoms with Crippen molar-refractivity contribution in [3.63, 3.8) is 0 Å². The first-order chi connectivity index (χ1) is 16.9. The molecular formula is C29H34N2O4. The minimum Gasteiger partial charge on any atom is -0.508 e. The van der Waals surface area contributed by atoms with Crippen LogP contribution in [-0.4, -0.2) is 51.5 Å². The van der Waals surface area contributed by atoms with Crippen molar-refractivity contribution < 1.29 is 19.8 Å². The molecule has 0 spiro atoms. The zero-order valence-electron chi connectivity index (χ0n) is 20.1. The second kappa shape index (κ2) is 8.45. The number of nitrogens with one attached hydrogen (secondary N) is 1. The van der Waals surface area contributed by atoms with Crippen LogP contribution >= 0.6 is 0 Å². The molecular weight excluding hydrogens is 440 g/mol. The molecule has 0 radical (unpaired) electrons. The molecule has 184 valence electrons. The highest BCUT2D eigenvalue weighted by Gasteiger charge is 2.66. The molecule has 6 heteroatoms. The van der Waals surface area contributed by atoms with E-state index in [1.165, 1.54) is 12.8 Å². The van der Waals surface area contributed by atoms with Crippen molar-refractivity contribution in [2.24, 2.45) is 11.8 Å². The predicted molar refractivity (Wildman–Crippen MR) is 132 cm³/mol. The van der Waals surface area contributed by atoms with Gasteiger partial charge in [-0.3, -0.25) is 14.5 Å². The number of piperidine rings is 1. The zero-order chi connectivity index (χ0) is 24.2. The lowest BCUT2D eigenvalue weighted by Gasteiger charge is -2.64. The van der Waals surface area contributed by atoms with E-state index in [0.717, 1.165) is 29.8 Å². The number of rotatable bonds is 6. The maximum atomic E-state index is 13.5. The summed E-state index contributed by atoms with van der Waals surface area (Å²) < 4.78 is 0. The molecule has 3 aliphatic carbocycles. The first kappa shape index (κ1) is 22.7. The number of aromatic hydroxyl groups is 1. The first-order valence-electron chi connectivity index (χ1n) is 13.0. The number of phenols is 1. The Morgan fingerprint density at radius 1 is 1.14 bits per heavy atom. The zero-order valence-corrected chi connectivity index (χ0v) is 20.1. The van der Waals surface area contributed by atoms with Crippen molar-refractivity contribution in [3.05, 3.63) is 65.2 Å². The Hall–Kier alpha value is -2.70. The third-order valence-corrected chi connectivity index (χ3v) is 9.11. The van der Waals surface area contributed by atoms with Crippen molar-refractivity contribution in [2.45, 2.75) is 68.5 Å². The van der Waals surface area contributed by atoms with Crippen molar-refractivity contribution in [2.75, 3.05) is 13.1 Å². The van der Waals surface area contributed by atoms with E-state index in [1.807, 2.05) is 36.4 Å². The number of aliphatic hydroxyl groups is 1. The molecule has 0 unspecified atom stereocenters. The summed E-state index contributed by atoms with van der Waals surface area (Å²) in [5.41, 5.74) is 1.28. The van der Waals surface area contributed by atoms with Crippen LogP contribution in [0, 0.1) is 11.8 Å². The lowest BCUT2D eigenvalue weighted by Crippen LogP contribution is -2.74. The van der Waals surface area contributed by atoms with Gasteiger partial charge in [0, 0.05) is 43.3 Å². The highest BCUT2D eigenvalue weighted by atomic mass is 16.3. The number of phenolic OH excluding ortho intramolecular Hbond substituents is 1. The van der Waals surface area contributed by atoms with Crippen LogP contribution in [0.15, 0.2) is 48.5 Å². The minimum absolute atomic E-state index is 0.0510. The van der Waals surface area contributed by atoms with E-state index in [4.69, 9.17) is 0 Å². The first-order valence-corrected chi connectivity index (χ1v) is 13.0. The van der Waals surface area contributed by atoms with Gasteiger partial charge in [0.1, 0.15) is 11.5 Å². The Bertz CT molecular complexity index is 1150. The number of likely N-dealkylation sites (tertiary alicyclic amines) is 1. The quantitative estimate of drug-likeness (QED) is 0.599. The Morgan fingerprint density at radius 3 is 2.71 bits per heavy atom. The maximum Gasteiger partial charge on any atom is 0.220 e. The number of Topliss-reactive ketones (excluding diaryl/α,β-unsaturated/α-hetero) is 1. The molecule has 4 aliphatic rings. The fourth-order valence-electron chi connectivity index (χ4n) is 7.12. The van der Waals surface area contributed by atoms with Gasteiger partial charge in [-0.15, -0.1) is 0 Å². The van der Waals surface area contributed by atoms with Gasteiger partial charge < -0.3 is 15.5 Å². The molecule has 0 aromatic heterocycles. The van der Waals surface area contributed by atoms with Gasteiger partial charge in [0.25, 0.3) is 0 Å². The molecule has 35 heavy (non-hydrogen) atoms. The highest BCUT2D eigenvalue weighted by molar-refractivity contribution is 5.89. The summed E-state index contributed by atoms with van der Waals surface area (Å²) in [6.07, 6.45) is 4.53. The number of carbonyl (C=O) groups is 2. The molecule has 1 heterocycles. The van der Waals surface area contributed by atoms with E-state index in [1.54, 1.807) is 12.1 Å². The largest absolute Gasteiger partial charge is 0.508 e. The molecule has 3 N–H and O–H groups in total. The number of hydrogen-bond acceptors (Lipinski definition) is 5. The van der Waals surface area contributed by atoms with Crippen LogP contribution in [-0.2, 0) is 28.0 Å². The van der Waals surface area contributed by atoms with E-state index < -0.39 is 16.9 Å². The fourth-order valence-corrected chi connectivity index (χ4v) is 7.12. The van der Waals surface area contributed by atoms with Gasteiger partial charge in [-0.1, -0.05) is 36.4 Å². The molecule has 6 rings (SSSR count). The lowest BCUT2D eigenvalue weighted by molar-refractivity contribution is -0.182. The van der Waals surface area contributed by atoms with Gasteiger partial charge in [-0.25, -0.2) is 0 Å². The molecule has 2 bridgehead atoms. The average Bonchev–Trinajstić information content (AvgIpc) is 3.66. The van der Waals surface area contributed by atoms with E-state index in [2.05, 4.69) is 10.2 Å². The van der Waals surface area contributed by atoms with Crippen molar-refractivity contribution in [3.8, 4) is 5.75 Å². The summed E-state index contributed by atoms with van der Waals surface area (Å²) in [5, 5.41) is 25.7. The second-order valence-electron chi connectivity index (χ2n) is 11.3. The molecule has 2 aromatic rings. The number of fused-ring (bicyclic) bond motifs is 1. The molecule has 1 saturated heterocycles. The van der Waals surface area contributed by atoms with Gasteiger partial charge in [0.2, 0.25) is 5.91 Å². The maximum absolute atomic E-state index is 13.5. The molecule has 6 nitrogen and oxygen atoms in total. The van der Waals surface area contributed by atoms with E-state index in [-0.39, 0.29) is 36.3 Å².